The SMILES string of the molecule is Cc1nc2ccccc2n1CC(=O)NCC1(C)CCNCC1. The first-order valence-corrected chi connectivity index (χ1v) is 7.97. The molecule has 2 N–H and O–H groups in total. The third-order valence-electron chi connectivity index (χ3n) is 4.67. The molecule has 1 amide bonds. The van der Waals surface area contributed by atoms with Crippen LogP contribution >= 0.6 is 0 Å². The van der Waals surface area contributed by atoms with Crippen molar-refractivity contribution in [3.8, 4) is 0 Å². The highest BCUT2D eigenvalue weighted by molar-refractivity contribution is 5.81. The fraction of sp³-hybridized carbons (Fsp3) is 0.529. The average molecular weight is 300 g/mol. The molecule has 1 aromatic carbocycles. The summed E-state index contributed by atoms with van der Waals surface area (Å²) >= 11 is 0. The summed E-state index contributed by atoms with van der Waals surface area (Å²) in [4.78, 5) is 16.8. The van der Waals surface area contributed by atoms with Crippen LogP contribution in [0.2, 0.25) is 0 Å². The number of aromatic nitrogens is 2. The summed E-state index contributed by atoms with van der Waals surface area (Å²) in [5.74, 6) is 0.940. The fourth-order valence-corrected chi connectivity index (χ4v) is 3.11. The number of fused-ring (bicyclic) bond motifs is 1. The Labute approximate surface area is 131 Å². The van der Waals surface area contributed by atoms with Crippen LogP contribution in [0.3, 0.4) is 0 Å². The lowest BCUT2D eigenvalue weighted by Crippen LogP contribution is -2.43. The van der Waals surface area contributed by atoms with E-state index in [1.54, 1.807) is 0 Å². The van der Waals surface area contributed by atoms with E-state index in [-0.39, 0.29) is 11.3 Å². The number of carbonyl (C=O) groups is 1. The van der Waals surface area contributed by atoms with Crippen LogP contribution < -0.4 is 10.6 Å². The second-order valence-corrected chi connectivity index (χ2v) is 6.57. The van der Waals surface area contributed by atoms with Gasteiger partial charge in [0.05, 0.1) is 11.0 Å². The number of imidazole rings is 1. The van der Waals surface area contributed by atoms with E-state index < -0.39 is 0 Å². The molecule has 1 aromatic heterocycles. The molecule has 0 spiro atoms. The predicted octanol–water partition coefficient (Wildman–Crippen LogP) is 1.85. The van der Waals surface area contributed by atoms with Gasteiger partial charge >= 0.3 is 0 Å². The third-order valence-corrected chi connectivity index (χ3v) is 4.67. The van der Waals surface area contributed by atoms with Crippen molar-refractivity contribution >= 4 is 16.9 Å². The van der Waals surface area contributed by atoms with Gasteiger partial charge in [-0.1, -0.05) is 19.1 Å². The lowest BCUT2D eigenvalue weighted by Gasteiger charge is -2.34. The van der Waals surface area contributed by atoms with Gasteiger partial charge in [-0.15, -0.1) is 0 Å². The zero-order valence-corrected chi connectivity index (χ0v) is 13.4. The van der Waals surface area contributed by atoms with Crippen molar-refractivity contribution in [3.63, 3.8) is 0 Å². The highest BCUT2D eigenvalue weighted by Gasteiger charge is 2.27. The molecule has 2 heterocycles. The van der Waals surface area contributed by atoms with Crippen molar-refractivity contribution in [3.05, 3.63) is 30.1 Å². The summed E-state index contributed by atoms with van der Waals surface area (Å²) in [5.41, 5.74) is 2.17. The summed E-state index contributed by atoms with van der Waals surface area (Å²) in [7, 11) is 0. The quantitative estimate of drug-likeness (QED) is 0.906. The van der Waals surface area contributed by atoms with Gasteiger partial charge in [-0.3, -0.25) is 4.79 Å². The second-order valence-electron chi connectivity index (χ2n) is 6.57. The summed E-state index contributed by atoms with van der Waals surface area (Å²) in [6, 6.07) is 7.94. The smallest absolute Gasteiger partial charge is 0.240 e. The van der Waals surface area contributed by atoms with Crippen LogP contribution in [0, 0.1) is 12.3 Å². The number of carbonyl (C=O) groups excluding carboxylic acids is 1. The minimum Gasteiger partial charge on any atom is -0.354 e. The van der Waals surface area contributed by atoms with Crippen molar-refractivity contribution in [1.29, 1.82) is 0 Å². The maximum atomic E-state index is 12.3. The number of amides is 1. The van der Waals surface area contributed by atoms with Gasteiger partial charge in [-0.25, -0.2) is 4.98 Å². The lowest BCUT2D eigenvalue weighted by atomic mass is 9.81. The van der Waals surface area contributed by atoms with Gasteiger partial charge < -0.3 is 15.2 Å². The monoisotopic (exact) mass is 300 g/mol. The Balaban J connectivity index is 1.65. The summed E-state index contributed by atoms with van der Waals surface area (Å²) in [5, 5.41) is 6.47. The molecular weight excluding hydrogens is 276 g/mol. The van der Waals surface area contributed by atoms with E-state index in [9.17, 15) is 4.79 Å². The molecule has 118 valence electrons. The summed E-state index contributed by atoms with van der Waals surface area (Å²) < 4.78 is 1.98. The molecule has 1 aliphatic rings. The third kappa shape index (κ3) is 3.14. The van der Waals surface area contributed by atoms with Crippen LogP contribution in [-0.4, -0.2) is 35.1 Å². The molecular formula is C17H24N4O. The molecule has 1 fully saturated rings. The van der Waals surface area contributed by atoms with Crippen LogP contribution in [0.1, 0.15) is 25.6 Å². The Bertz CT molecular complexity index is 670. The first-order chi connectivity index (χ1) is 10.6. The number of rotatable bonds is 4. The first-order valence-electron chi connectivity index (χ1n) is 7.97. The molecule has 1 saturated heterocycles. The maximum absolute atomic E-state index is 12.3. The number of hydrogen-bond donors (Lipinski definition) is 2. The molecule has 1 aliphatic heterocycles. The Morgan fingerprint density at radius 3 is 2.86 bits per heavy atom. The highest BCUT2D eigenvalue weighted by Crippen LogP contribution is 2.26. The van der Waals surface area contributed by atoms with E-state index in [1.807, 2.05) is 35.8 Å². The number of nitrogens with zero attached hydrogens (tertiary/aromatic N) is 2. The lowest BCUT2D eigenvalue weighted by molar-refractivity contribution is -0.122. The zero-order chi connectivity index (χ0) is 15.6. The Morgan fingerprint density at radius 2 is 2.09 bits per heavy atom. The summed E-state index contributed by atoms with van der Waals surface area (Å²) in [6.07, 6.45) is 2.22. The topological polar surface area (TPSA) is 59.0 Å². The largest absolute Gasteiger partial charge is 0.354 e. The Morgan fingerprint density at radius 1 is 1.36 bits per heavy atom. The van der Waals surface area contributed by atoms with Gasteiger partial charge in [0.25, 0.3) is 0 Å². The molecule has 3 rings (SSSR count). The minimum absolute atomic E-state index is 0.0611. The van der Waals surface area contributed by atoms with Crippen LogP contribution in [0.4, 0.5) is 0 Å². The van der Waals surface area contributed by atoms with E-state index in [1.165, 1.54) is 0 Å². The number of piperidine rings is 1. The molecule has 5 nitrogen and oxygen atoms in total. The number of benzene rings is 1. The first kappa shape index (κ1) is 15.0. The molecule has 0 unspecified atom stereocenters. The number of aryl methyl sites for hydroxylation is 1. The molecule has 22 heavy (non-hydrogen) atoms. The van der Waals surface area contributed by atoms with E-state index in [2.05, 4.69) is 22.5 Å². The van der Waals surface area contributed by atoms with Gasteiger partial charge in [0.15, 0.2) is 0 Å². The van der Waals surface area contributed by atoms with Crippen LogP contribution in [0.5, 0.6) is 0 Å². The van der Waals surface area contributed by atoms with E-state index in [0.29, 0.717) is 6.54 Å². The second kappa shape index (κ2) is 6.08. The fourth-order valence-electron chi connectivity index (χ4n) is 3.11. The minimum atomic E-state index is 0.0611. The Hall–Kier alpha value is -1.88. The van der Waals surface area contributed by atoms with Gasteiger partial charge in [-0.2, -0.15) is 0 Å². The van der Waals surface area contributed by atoms with Gasteiger partial charge in [0.2, 0.25) is 5.91 Å². The molecule has 0 aliphatic carbocycles. The number of nitrogens with one attached hydrogen (secondary N) is 2. The van der Waals surface area contributed by atoms with Crippen molar-refractivity contribution in [2.75, 3.05) is 19.6 Å². The Kier molecular flexibility index (Phi) is 4.16. The normalized spacial score (nSPS) is 17.5. The standard InChI is InChI=1S/C17H24N4O/c1-13-20-14-5-3-4-6-15(14)21(13)11-16(22)19-12-17(2)7-9-18-10-8-17/h3-6,18H,7-12H2,1-2H3,(H,19,22). The highest BCUT2D eigenvalue weighted by atomic mass is 16.1. The molecule has 0 radical (unpaired) electrons. The summed E-state index contributed by atoms with van der Waals surface area (Å²) in [6.45, 7) is 7.36. The van der Waals surface area contributed by atoms with Gasteiger partial charge in [0.1, 0.15) is 12.4 Å². The predicted molar refractivity (Wildman–Crippen MR) is 87.7 cm³/mol. The molecule has 2 aromatic rings. The number of para-hydroxylation sites is 2. The maximum Gasteiger partial charge on any atom is 0.240 e. The molecule has 0 bridgehead atoms. The van der Waals surface area contributed by atoms with Crippen LogP contribution in [0.15, 0.2) is 24.3 Å². The molecule has 0 atom stereocenters. The number of hydrogen-bond acceptors (Lipinski definition) is 3. The van der Waals surface area contributed by atoms with Crippen LogP contribution in [0.25, 0.3) is 11.0 Å². The molecule has 0 saturated carbocycles. The van der Waals surface area contributed by atoms with E-state index in [0.717, 1.165) is 49.3 Å². The zero-order valence-electron chi connectivity index (χ0n) is 13.4. The van der Waals surface area contributed by atoms with Crippen LogP contribution in [-0.2, 0) is 11.3 Å². The van der Waals surface area contributed by atoms with E-state index >= 15 is 0 Å². The van der Waals surface area contributed by atoms with Crippen molar-refractivity contribution in [2.24, 2.45) is 5.41 Å². The van der Waals surface area contributed by atoms with Gasteiger partial charge in [-0.05, 0) is 50.4 Å². The van der Waals surface area contributed by atoms with Crippen molar-refractivity contribution in [1.82, 2.24) is 20.2 Å². The average Bonchev–Trinajstić information content (AvgIpc) is 2.82. The van der Waals surface area contributed by atoms with Gasteiger partial charge in [0, 0.05) is 6.54 Å². The van der Waals surface area contributed by atoms with Crippen molar-refractivity contribution in [2.45, 2.75) is 33.2 Å². The molecule has 5 heteroatoms. The van der Waals surface area contributed by atoms with Crippen molar-refractivity contribution < 1.29 is 4.79 Å². The van der Waals surface area contributed by atoms with E-state index in [4.69, 9.17) is 0 Å².